The van der Waals surface area contributed by atoms with Crippen LogP contribution < -0.4 is 10.6 Å². The minimum Gasteiger partial charge on any atom is -0.352 e. The Bertz CT molecular complexity index is 1150. The fourth-order valence-electron chi connectivity index (χ4n) is 3.76. The molecule has 3 rings (SSSR count). The van der Waals surface area contributed by atoms with E-state index in [0.717, 1.165) is 0 Å². The molecular formula is C24H29Cl2N3O4S. The molecule has 1 aliphatic rings. The smallest absolute Gasteiger partial charge is 0.253 e. The largest absolute Gasteiger partial charge is 0.352 e. The van der Waals surface area contributed by atoms with Crippen LogP contribution in [0, 0.1) is 11.8 Å². The zero-order chi connectivity index (χ0) is 24.9. The molecule has 1 fully saturated rings. The molecule has 7 nitrogen and oxygen atoms in total. The number of nitrogens with one attached hydrogen (secondary N) is 2. The zero-order valence-corrected chi connectivity index (χ0v) is 21.5. The summed E-state index contributed by atoms with van der Waals surface area (Å²) in [7, 11) is -3.65. The standard InChI is InChI=1S/C24H29Cl2N3O4S/c1-16(2)13-27-24(31)19-7-3-4-8-22(19)28-23(30)18-6-5-11-29(14-18)34(32,33)15-17-9-10-20(25)21(26)12-17/h3-4,7-10,12,16,18H,5-6,11,13-15H2,1-2H3,(H,27,31)(H,28,30). The summed E-state index contributed by atoms with van der Waals surface area (Å²) in [6, 6.07) is 11.5. The van der Waals surface area contributed by atoms with Crippen LogP contribution in [0.5, 0.6) is 0 Å². The highest BCUT2D eigenvalue weighted by atomic mass is 35.5. The molecular weight excluding hydrogens is 497 g/mol. The van der Waals surface area contributed by atoms with Crippen molar-refractivity contribution in [2.24, 2.45) is 11.8 Å². The minimum absolute atomic E-state index is 0.0806. The van der Waals surface area contributed by atoms with Gasteiger partial charge in [-0.3, -0.25) is 9.59 Å². The molecule has 34 heavy (non-hydrogen) atoms. The number of nitrogens with zero attached hydrogens (tertiary/aromatic N) is 1. The van der Waals surface area contributed by atoms with Gasteiger partial charge in [-0.2, -0.15) is 0 Å². The van der Waals surface area contributed by atoms with E-state index in [2.05, 4.69) is 10.6 Å². The van der Waals surface area contributed by atoms with Gasteiger partial charge in [0.1, 0.15) is 0 Å². The number of carbonyl (C=O) groups is 2. The van der Waals surface area contributed by atoms with E-state index in [9.17, 15) is 18.0 Å². The Morgan fingerprint density at radius 2 is 1.85 bits per heavy atom. The molecule has 2 N–H and O–H groups in total. The summed E-state index contributed by atoms with van der Waals surface area (Å²) in [5.41, 5.74) is 1.31. The molecule has 0 spiro atoms. The second-order valence-corrected chi connectivity index (χ2v) is 11.6. The lowest BCUT2D eigenvalue weighted by Crippen LogP contribution is -2.44. The number of benzene rings is 2. The lowest BCUT2D eigenvalue weighted by Gasteiger charge is -2.31. The highest BCUT2D eigenvalue weighted by molar-refractivity contribution is 7.88. The van der Waals surface area contributed by atoms with Crippen LogP contribution in [0.4, 0.5) is 5.69 Å². The normalized spacial score (nSPS) is 16.9. The fourth-order valence-corrected chi connectivity index (χ4v) is 5.68. The first-order valence-electron chi connectivity index (χ1n) is 11.2. The van der Waals surface area contributed by atoms with Crippen molar-refractivity contribution >= 4 is 50.7 Å². The van der Waals surface area contributed by atoms with Gasteiger partial charge in [0.05, 0.1) is 33.0 Å². The Hall–Kier alpha value is -2.13. The number of rotatable bonds is 8. The number of carbonyl (C=O) groups excluding carboxylic acids is 2. The first-order valence-corrected chi connectivity index (χ1v) is 13.5. The molecule has 2 amide bonds. The third kappa shape index (κ3) is 6.95. The Morgan fingerprint density at radius 1 is 1.12 bits per heavy atom. The summed E-state index contributed by atoms with van der Waals surface area (Å²) in [5, 5.41) is 6.33. The zero-order valence-electron chi connectivity index (χ0n) is 19.2. The molecule has 184 valence electrons. The third-order valence-electron chi connectivity index (χ3n) is 5.58. The Morgan fingerprint density at radius 3 is 2.56 bits per heavy atom. The second-order valence-electron chi connectivity index (χ2n) is 8.84. The van der Waals surface area contributed by atoms with E-state index in [1.165, 1.54) is 10.4 Å². The van der Waals surface area contributed by atoms with Gasteiger partial charge in [-0.1, -0.05) is 55.2 Å². The van der Waals surface area contributed by atoms with Crippen molar-refractivity contribution < 1.29 is 18.0 Å². The Labute approximate surface area is 210 Å². The van der Waals surface area contributed by atoms with E-state index in [0.29, 0.717) is 58.7 Å². The highest BCUT2D eigenvalue weighted by Gasteiger charge is 2.33. The molecule has 10 heteroatoms. The van der Waals surface area contributed by atoms with Crippen molar-refractivity contribution in [2.75, 3.05) is 25.0 Å². The maximum absolute atomic E-state index is 13.0. The molecule has 1 aliphatic heterocycles. The van der Waals surface area contributed by atoms with Gasteiger partial charge in [0.15, 0.2) is 0 Å². The average Bonchev–Trinajstić information content (AvgIpc) is 2.80. The molecule has 0 bridgehead atoms. The van der Waals surface area contributed by atoms with Crippen molar-refractivity contribution in [2.45, 2.75) is 32.4 Å². The average molecular weight is 526 g/mol. The van der Waals surface area contributed by atoms with Gasteiger partial charge < -0.3 is 10.6 Å². The van der Waals surface area contributed by atoms with Gasteiger partial charge in [0.2, 0.25) is 15.9 Å². The van der Waals surface area contributed by atoms with Gasteiger partial charge in [-0.25, -0.2) is 12.7 Å². The monoisotopic (exact) mass is 525 g/mol. The van der Waals surface area contributed by atoms with E-state index in [-0.39, 0.29) is 24.1 Å². The molecule has 2 aromatic carbocycles. The van der Waals surface area contributed by atoms with E-state index in [1.807, 2.05) is 13.8 Å². The van der Waals surface area contributed by atoms with Gasteiger partial charge in [-0.15, -0.1) is 0 Å². The summed E-state index contributed by atoms with van der Waals surface area (Å²) in [6.07, 6.45) is 1.13. The van der Waals surface area contributed by atoms with E-state index in [4.69, 9.17) is 23.2 Å². The molecule has 1 heterocycles. The number of hydrogen-bond acceptors (Lipinski definition) is 4. The summed E-state index contributed by atoms with van der Waals surface area (Å²) in [6.45, 7) is 4.95. The lowest BCUT2D eigenvalue weighted by atomic mass is 9.98. The summed E-state index contributed by atoms with van der Waals surface area (Å²) >= 11 is 11.9. The third-order valence-corrected chi connectivity index (χ3v) is 8.14. The summed E-state index contributed by atoms with van der Waals surface area (Å²) < 4.78 is 27.4. The molecule has 0 aromatic heterocycles. The minimum atomic E-state index is -3.65. The van der Waals surface area contributed by atoms with Crippen LogP contribution in [-0.2, 0) is 20.6 Å². The van der Waals surface area contributed by atoms with E-state index >= 15 is 0 Å². The van der Waals surface area contributed by atoms with Crippen LogP contribution in [-0.4, -0.2) is 44.2 Å². The topological polar surface area (TPSA) is 95.6 Å². The summed E-state index contributed by atoms with van der Waals surface area (Å²) in [4.78, 5) is 25.6. The Kier molecular flexibility index (Phi) is 8.98. The number of amides is 2. The number of piperidine rings is 1. The fraction of sp³-hybridized carbons (Fsp3) is 0.417. The summed E-state index contributed by atoms with van der Waals surface area (Å²) in [5.74, 6) is -1.02. The predicted octanol–water partition coefficient (Wildman–Crippen LogP) is 4.56. The van der Waals surface area contributed by atoms with Gasteiger partial charge >= 0.3 is 0 Å². The van der Waals surface area contributed by atoms with Crippen molar-refractivity contribution in [1.29, 1.82) is 0 Å². The number of hydrogen-bond donors (Lipinski definition) is 2. The van der Waals surface area contributed by atoms with Crippen LogP contribution in [0.1, 0.15) is 42.6 Å². The molecule has 1 unspecified atom stereocenters. The molecule has 1 atom stereocenters. The van der Waals surface area contributed by atoms with Crippen molar-refractivity contribution in [3.8, 4) is 0 Å². The van der Waals surface area contributed by atoms with E-state index in [1.54, 1.807) is 36.4 Å². The molecule has 0 radical (unpaired) electrons. The van der Waals surface area contributed by atoms with Crippen molar-refractivity contribution in [3.63, 3.8) is 0 Å². The first kappa shape index (κ1) is 26.5. The van der Waals surface area contributed by atoms with Crippen LogP contribution in [0.15, 0.2) is 42.5 Å². The van der Waals surface area contributed by atoms with Gasteiger partial charge in [0.25, 0.3) is 5.91 Å². The SMILES string of the molecule is CC(C)CNC(=O)c1ccccc1NC(=O)C1CCCN(S(=O)(=O)Cc2ccc(Cl)c(Cl)c2)C1. The maximum atomic E-state index is 13.0. The number of sulfonamides is 1. The van der Waals surface area contributed by atoms with Crippen LogP contribution in [0.3, 0.4) is 0 Å². The molecule has 0 saturated carbocycles. The van der Waals surface area contributed by atoms with Crippen LogP contribution in [0.25, 0.3) is 0 Å². The first-order chi connectivity index (χ1) is 16.1. The van der Waals surface area contributed by atoms with Gasteiger partial charge in [0, 0.05) is 19.6 Å². The van der Waals surface area contributed by atoms with Crippen LogP contribution >= 0.6 is 23.2 Å². The predicted molar refractivity (Wildman–Crippen MR) is 136 cm³/mol. The van der Waals surface area contributed by atoms with Crippen molar-refractivity contribution in [3.05, 3.63) is 63.6 Å². The molecule has 0 aliphatic carbocycles. The molecule has 1 saturated heterocycles. The number of halogens is 2. The molecule has 2 aromatic rings. The Balaban J connectivity index is 1.68. The second kappa shape index (κ2) is 11.5. The van der Waals surface area contributed by atoms with Crippen molar-refractivity contribution in [1.82, 2.24) is 9.62 Å². The highest BCUT2D eigenvalue weighted by Crippen LogP contribution is 2.27. The number of anilines is 1. The van der Waals surface area contributed by atoms with Crippen LogP contribution in [0.2, 0.25) is 10.0 Å². The lowest BCUT2D eigenvalue weighted by molar-refractivity contribution is -0.120. The van der Waals surface area contributed by atoms with E-state index < -0.39 is 15.9 Å². The van der Waals surface area contributed by atoms with Gasteiger partial charge in [-0.05, 0) is 48.6 Å². The number of para-hydroxylation sites is 1. The quantitative estimate of drug-likeness (QED) is 0.527. The maximum Gasteiger partial charge on any atom is 0.253 e.